The lowest BCUT2D eigenvalue weighted by Gasteiger charge is -2.10. The number of aryl methyl sites for hydroxylation is 2. The monoisotopic (exact) mass is 312 g/mol. The van der Waals surface area contributed by atoms with E-state index in [0.717, 1.165) is 33.7 Å². The van der Waals surface area contributed by atoms with Crippen molar-refractivity contribution in [2.75, 3.05) is 14.2 Å². The molecule has 0 saturated carbocycles. The first-order valence-electron chi connectivity index (χ1n) is 7.42. The summed E-state index contributed by atoms with van der Waals surface area (Å²) in [7, 11) is 3.23. The number of hydrogen-bond acceptors (Lipinski definition) is 4. The van der Waals surface area contributed by atoms with E-state index in [1.165, 1.54) is 0 Å². The predicted molar refractivity (Wildman–Crippen MR) is 89.4 cm³/mol. The van der Waals surface area contributed by atoms with Crippen LogP contribution in [0.5, 0.6) is 17.2 Å². The molecule has 0 fully saturated rings. The normalized spacial score (nSPS) is 10.8. The fraction of sp³-hybridized carbons (Fsp3) is 0.278. The fourth-order valence-electron chi connectivity index (χ4n) is 2.63. The summed E-state index contributed by atoms with van der Waals surface area (Å²) in [6.07, 6.45) is 0. The molecule has 0 aliphatic rings. The number of fused-ring (bicyclic) bond motifs is 1. The number of ether oxygens (including phenoxy) is 3. The molecule has 5 nitrogen and oxygen atoms in total. The van der Waals surface area contributed by atoms with Gasteiger partial charge in [-0.05, 0) is 25.0 Å². The molecule has 3 aromatic rings. The second-order valence-corrected chi connectivity index (χ2v) is 5.42. The van der Waals surface area contributed by atoms with Crippen LogP contribution in [0.4, 0.5) is 0 Å². The Labute approximate surface area is 135 Å². The predicted octanol–water partition coefficient (Wildman–Crippen LogP) is 3.78. The molecule has 0 atom stereocenters. The van der Waals surface area contributed by atoms with Gasteiger partial charge in [-0.25, -0.2) is 4.98 Å². The Morgan fingerprint density at radius 2 is 1.65 bits per heavy atom. The average Bonchev–Trinajstić information content (AvgIpc) is 2.94. The number of nitrogens with one attached hydrogen (secondary N) is 1. The van der Waals surface area contributed by atoms with Crippen molar-refractivity contribution >= 4 is 11.0 Å². The highest BCUT2D eigenvalue weighted by Crippen LogP contribution is 2.31. The topological polar surface area (TPSA) is 56.4 Å². The summed E-state index contributed by atoms with van der Waals surface area (Å²) in [6.45, 7) is 4.46. The molecule has 0 amide bonds. The van der Waals surface area contributed by atoms with Crippen LogP contribution in [0.25, 0.3) is 11.0 Å². The molecule has 0 unspecified atom stereocenters. The van der Waals surface area contributed by atoms with Crippen LogP contribution < -0.4 is 14.2 Å². The van der Waals surface area contributed by atoms with Gasteiger partial charge < -0.3 is 19.2 Å². The molecular formula is C18H20N2O3. The number of para-hydroxylation sites is 1. The van der Waals surface area contributed by atoms with E-state index in [2.05, 4.69) is 9.97 Å². The number of hydrogen-bond donors (Lipinski definition) is 1. The summed E-state index contributed by atoms with van der Waals surface area (Å²) >= 11 is 0. The van der Waals surface area contributed by atoms with Crippen LogP contribution in [-0.4, -0.2) is 24.2 Å². The van der Waals surface area contributed by atoms with Gasteiger partial charge in [0, 0.05) is 12.1 Å². The first-order chi connectivity index (χ1) is 11.1. The van der Waals surface area contributed by atoms with Gasteiger partial charge in [-0.3, -0.25) is 0 Å². The molecular weight excluding hydrogens is 292 g/mol. The molecule has 0 spiro atoms. The average molecular weight is 312 g/mol. The van der Waals surface area contributed by atoms with E-state index in [1.54, 1.807) is 14.2 Å². The van der Waals surface area contributed by atoms with E-state index in [0.29, 0.717) is 18.1 Å². The smallest absolute Gasteiger partial charge is 0.163 e. The third-order valence-electron chi connectivity index (χ3n) is 3.80. The minimum Gasteiger partial charge on any atom is -0.493 e. The van der Waals surface area contributed by atoms with Gasteiger partial charge in [-0.1, -0.05) is 18.2 Å². The Balaban J connectivity index is 1.86. The standard InChI is InChI=1S/C18H20N2O3/c1-11-6-5-7-12(2)18(11)23-10-17-19-13-8-15(21-3)16(22-4)9-14(13)20-17/h5-9H,10H2,1-4H3,(H,19,20). The number of imidazole rings is 1. The second-order valence-electron chi connectivity index (χ2n) is 5.42. The third-order valence-corrected chi connectivity index (χ3v) is 3.80. The van der Waals surface area contributed by atoms with E-state index in [4.69, 9.17) is 14.2 Å². The number of benzene rings is 2. The summed E-state index contributed by atoms with van der Waals surface area (Å²) in [5.41, 5.74) is 3.94. The maximum absolute atomic E-state index is 5.94. The van der Waals surface area contributed by atoms with Crippen molar-refractivity contribution in [2.45, 2.75) is 20.5 Å². The molecule has 0 bridgehead atoms. The van der Waals surface area contributed by atoms with Crippen molar-refractivity contribution in [3.05, 3.63) is 47.3 Å². The molecule has 23 heavy (non-hydrogen) atoms. The van der Waals surface area contributed by atoms with Crippen molar-refractivity contribution < 1.29 is 14.2 Å². The van der Waals surface area contributed by atoms with Crippen molar-refractivity contribution in [1.29, 1.82) is 0 Å². The Morgan fingerprint density at radius 1 is 1.00 bits per heavy atom. The Kier molecular flexibility index (Phi) is 4.10. The zero-order valence-corrected chi connectivity index (χ0v) is 13.8. The molecule has 3 rings (SSSR count). The minimum absolute atomic E-state index is 0.380. The van der Waals surface area contributed by atoms with Gasteiger partial charge in [-0.2, -0.15) is 0 Å². The Hall–Kier alpha value is -2.69. The van der Waals surface area contributed by atoms with E-state index in [1.807, 2.05) is 44.2 Å². The van der Waals surface area contributed by atoms with Crippen LogP contribution in [0.2, 0.25) is 0 Å². The Morgan fingerprint density at radius 3 is 2.30 bits per heavy atom. The van der Waals surface area contributed by atoms with Crippen LogP contribution in [0.15, 0.2) is 30.3 Å². The van der Waals surface area contributed by atoms with E-state index in [9.17, 15) is 0 Å². The first-order valence-corrected chi connectivity index (χ1v) is 7.42. The van der Waals surface area contributed by atoms with Crippen LogP contribution in [-0.2, 0) is 6.61 Å². The molecule has 0 radical (unpaired) electrons. The van der Waals surface area contributed by atoms with Gasteiger partial charge >= 0.3 is 0 Å². The summed E-state index contributed by atoms with van der Waals surface area (Å²) in [6, 6.07) is 9.83. The lowest BCUT2D eigenvalue weighted by atomic mass is 10.1. The fourth-order valence-corrected chi connectivity index (χ4v) is 2.63. The highest BCUT2D eigenvalue weighted by molar-refractivity contribution is 5.79. The molecule has 2 aromatic carbocycles. The van der Waals surface area contributed by atoms with Crippen molar-refractivity contribution in [3.8, 4) is 17.2 Å². The Bertz CT molecular complexity index is 778. The molecule has 120 valence electrons. The maximum atomic E-state index is 5.94. The van der Waals surface area contributed by atoms with Gasteiger partial charge in [-0.15, -0.1) is 0 Å². The van der Waals surface area contributed by atoms with Crippen LogP contribution in [0, 0.1) is 13.8 Å². The SMILES string of the molecule is COc1cc2nc(COc3c(C)cccc3C)[nH]c2cc1OC. The largest absolute Gasteiger partial charge is 0.493 e. The number of aromatic nitrogens is 2. The second kappa shape index (κ2) is 6.20. The molecule has 1 aromatic heterocycles. The van der Waals surface area contributed by atoms with Gasteiger partial charge in [0.15, 0.2) is 11.5 Å². The molecule has 0 aliphatic carbocycles. The van der Waals surface area contributed by atoms with Crippen molar-refractivity contribution in [3.63, 3.8) is 0 Å². The molecule has 0 saturated heterocycles. The number of nitrogens with zero attached hydrogens (tertiary/aromatic N) is 1. The summed E-state index contributed by atoms with van der Waals surface area (Å²) in [5, 5.41) is 0. The molecule has 1 heterocycles. The van der Waals surface area contributed by atoms with Crippen LogP contribution in [0.1, 0.15) is 17.0 Å². The number of methoxy groups -OCH3 is 2. The quantitative estimate of drug-likeness (QED) is 0.779. The van der Waals surface area contributed by atoms with E-state index >= 15 is 0 Å². The third kappa shape index (κ3) is 2.95. The molecule has 1 N–H and O–H groups in total. The first kappa shape index (κ1) is 15.2. The highest BCUT2D eigenvalue weighted by atomic mass is 16.5. The highest BCUT2D eigenvalue weighted by Gasteiger charge is 2.11. The number of rotatable bonds is 5. The van der Waals surface area contributed by atoms with Crippen molar-refractivity contribution in [2.24, 2.45) is 0 Å². The molecule has 0 aliphatic heterocycles. The summed E-state index contributed by atoms with van der Waals surface area (Å²) in [5.74, 6) is 3.00. The maximum Gasteiger partial charge on any atom is 0.163 e. The molecule has 5 heteroatoms. The van der Waals surface area contributed by atoms with Gasteiger partial charge in [0.2, 0.25) is 0 Å². The van der Waals surface area contributed by atoms with E-state index in [-0.39, 0.29) is 0 Å². The van der Waals surface area contributed by atoms with Crippen molar-refractivity contribution in [1.82, 2.24) is 9.97 Å². The number of H-pyrrole nitrogens is 1. The summed E-state index contributed by atoms with van der Waals surface area (Å²) in [4.78, 5) is 7.81. The lowest BCUT2D eigenvalue weighted by Crippen LogP contribution is -2.00. The zero-order valence-electron chi connectivity index (χ0n) is 13.8. The van der Waals surface area contributed by atoms with Gasteiger partial charge in [0.05, 0.1) is 25.3 Å². The number of aromatic amines is 1. The van der Waals surface area contributed by atoms with Gasteiger partial charge in [0.25, 0.3) is 0 Å². The van der Waals surface area contributed by atoms with Crippen LogP contribution in [0.3, 0.4) is 0 Å². The lowest BCUT2D eigenvalue weighted by molar-refractivity contribution is 0.293. The van der Waals surface area contributed by atoms with Crippen LogP contribution >= 0.6 is 0 Å². The van der Waals surface area contributed by atoms with E-state index < -0.39 is 0 Å². The summed E-state index contributed by atoms with van der Waals surface area (Å²) < 4.78 is 16.6. The zero-order chi connectivity index (χ0) is 16.4. The van der Waals surface area contributed by atoms with Gasteiger partial charge in [0.1, 0.15) is 18.2 Å². The minimum atomic E-state index is 0.380.